The standard InChI is InChI=1S/C18H16N2O3S2/c1-10(2)15(17(22)23)20-16(21)14(25-18(20)24)9-11-7-8-19-13-6-4-3-5-12(11)13/h3-10,15H,1-2H3,(H,22,23)/b14-9-/t15-/m1/s1. The number of carboxylic acids is 1. The van der Waals surface area contributed by atoms with Gasteiger partial charge in [-0.15, -0.1) is 0 Å². The number of fused-ring (bicyclic) bond motifs is 1. The summed E-state index contributed by atoms with van der Waals surface area (Å²) in [5.74, 6) is -1.67. The highest BCUT2D eigenvalue weighted by molar-refractivity contribution is 8.26. The first kappa shape index (κ1) is 17.6. The maximum atomic E-state index is 12.8. The Morgan fingerprint density at radius 2 is 2.04 bits per heavy atom. The first-order chi connectivity index (χ1) is 11.9. The summed E-state index contributed by atoms with van der Waals surface area (Å²) in [7, 11) is 0. The second-order valence-electron chi connectivity index (χ2n) is 6.00. The SMILES string of the molecule is CC(C)[C@H](C(=O)O)N1C(=O)/C(=C/c2ccnc3ccccc23)SC1=S. The van der Waals surface area contributed by atoms with Gasteiger partial charge in [0, 0.05) is 11.6 Å². The molecule has 2 aromatic rings. The molecule has 0 bridgehead atoms. The average Bonchev–Trinajstić information content (AvgIpc) is 2.83. The number of carbonyl (C=O) groups excluding carboxylic acids is 1. The quantitative estimate of drug-likeness (QED) is 0.654. The largest absolute Gasteiger partial charge is 0.480 e. The number of nitrogens with zero attached hydrogens (tertiary/aromatic N) is 2. The number of hydrogen-bond donors (Lipinski definition) is 1. The number of para-hydroxylation sites is 1. The second-order valence-corrected chi connectivity index (χ2v) is 7.67. The lowest BCUT2D eigenvalue weighted by molar-refractivity contribution is -0.146. The van der Waals surface area contributed by atoms with Crippen molar-refractivity contribution in [1.82, 2.24) is 9.88 Å². The van der Waals surface area contributed by atoms with Crippen LogP contribution in [0.3, 0.4) is 0 Å². The highest BCUT2D eigenvalue weighted by Crippen LogP contribution is 2.36. The van der Waals surface area contributed by atoms with E-state index in [1.807, 2.05) is 30.3 Å². The Kier molecular flexibility index (Phi) is 4.87. The van der Waals surface area contributed by atoms with Crippen LogP contribution < -0.4 is 0 Å². The molecule has 0 spiro atoms. The molecule has 5 nitrogen and oxygen atoms in total. The normalized spacial score (nSPS) is 17.7. The lowest BCUT2D eigenvalue weighted by atomic mass is 10.0. The monoisotopic (exact) mass is 372 g/mol. The van der Waals surface area contributed by atoms with Crippen LogP contribution >= 0.6 is 24.0 Å². The van der Waals surface area contributed by atoms with Crippen LogP contribution in [0.1, 0.15) is 19.4 Å². The van der Waals surface area contributed by atoms with Gasteiger partial charge in [-0.2, -0.15) is 0 Å². The van der Waals surface area contributed by atoms with Gasteiger partial charge in [-0.3, -0.25) is 14.7 Å². The van der Waals surface area contributed by atoms with Gasteiger partial charge in [-0.25, -0.2) is 4.79 Å². The first-order valence-electron chi connectivity index (χ1n) is 7.73. The number of thiocarbonyl (C=S) groups is 1. The Labute approximate surface area is 154 Å². The Morgan fingerprint density at radius 3 is 2.72 bits per heavy atom. The van der Waals surface area contributed by atoms with Gasteiger partial charge in [-0.05, 0) is 29.7 Å². The molecule has 1 aliphatic rings. The summed E-state index contributed by atoms with van der Waals surface area (Å²) in [6, 6.07) is 8.50. The summed E-state index contributed by atoms with van der Waals surface area (Å²) >= 11 is 6.41. The number of thioether (sulfide) groups is 1. The minimum Gasteiger partial charge on any atom is -0.480 e. The van der Waals surface area contributed by atoms with Crippen molar-refractivity contribution in [3.8, 4) is 0 Å². The number of aromatic nitrogens is 1. The van der Waals surface area contributed by atoms with Crippen molar-refractivity contribution in [2.45, 2.75) is 19.9 Å². The molecule has 128 valence electrons. The van der Waals surface area contributed by atoms with Crippen molar-refractivity contribution in [2.24, 2.45) is 5.92 Å². The third-order valence-electron chi connectivity index (χ3n) is 3.96. The number of rotatable bonds is 4. The van der Waals surface area contributed by atoms with E-state index in [2.05, 4.69) is 4.98 Å². The van der Waals surface area contributed by atoms with E-state index in [1.54, 1.807) is 26.1 Å². The number of carboxylic acid groups (broad SMARTS) is 1. The van der Waals surface area contributed by atoms with Crippen LogP contribution in [0.4, 0.5) is 0 Å². The summed E-state index contributed by atoms with van der Waals surface area (Å²) in [6.07, 6.45) is 3.44. The molecule has 0 unspecified atom stereocenters. The van der Waals surface area contributed by atoms with Crippen LogP contribution in [0, 0.1) is 5.92 Å². The Bertz CT molecular complexity index is 903. The van der Waals surface area contributed by atoms with E-state index in [0.29, 0.717) is 4.91 Å². The molecule has 0 aliphatic carbocycles. The van der Waals surface area contributed by atoms with Crippen LogP contribution in [0.2, 0.25) is 0 Å². The minimum absolute atomic E-state index is 0.249. The van der Waals surface area contributed by atoms with Gasteiger partial charge in [-0.1, -0.05) is 56.0 Å². The first-order valence-corrected chi connectivity index (χ1v) is 8.96. The Balaban J connectivity index is 2.02. The third kappa shape index (κ3) is 3.29. The molecule has 7 heteroatoms. The van der Waals surface area contributed by atoms with Crippen LogP contribution in [0.25, 0.3) is 17.0 Å². The highest BCUT2D eigenvalue weighted by Gasteiger charge is 2.41. The van der Waals surface area contributed by atoms with E-state index in [1.165, 1.54) is 4.90 Å². The summed E-state index contributed by atoms with van der Waals surface area (Å²) in [5, 5.41) is 10.4. The van der Waals surface area contributed by atoms with Gasteiger partial charge in [0.05, 0.1) is 10.4 Å². The van der Waals surface area contributed by atoms with Gasteiger partial charge in [0.1, 0.15) is 10.4 Å². The van der Waals surface area contributed by atoms with Crippen LogP contribution in [0.5, 0.6) is 0 Å². The minimum atomic E-state index is -1.05. The predicted octanol–water partition coefficient (Wildman–Crippen LogP) is 3.55. The van der Waals surface area contributed by atoms with Crippen LogP contribution in [0.15, 0.2) is 41.4 Å². The number of amides is 1. The predicted molar refractivity (Wildman–Crippen MR) is 103 cm³/mol. The van der Waals surface area contributed by atoms with Crippen molar-refractivity contribution < 1.29 is 14.7 Å². The molecule has 1 N–H and O–H groups in total. The van der Waals surface area contributed by atoms with Gasteiger partial charge >= 0.3 is 5.97 Å². The van der Waals surface area contributed by atoms with Crippen molar-refractivity contribution >= 4 is 57.2 Å². The molecule has 0 radical (unpaired) electrons. The van der Waals surface area contributed by atoms with E-state index in [-0.39, 0.29) is 16.1 Å². The summed E-state index contributed by atoms with van der Waals surface area (Å²) in [4.78, 5) is 30.3. The van der Waals surface area contributed by atoms with Crippen molar-refractivity contribution in [2.75, 3.05) is 0 Å². The molecule has 1 amide bonds. The number of carbonyl (C=O) groups is 2. The fourth-order valence-corrected chi connectivity index (χ4v) is 4.12. The zero-order valence-electron chi connectivity index (χ0n) is 13.7. The molecule has 2 heterocycles. The van der Waals surface area contributed by atoms with E-state index in [9.17, 15) is 14.7 Å². The lowest BCUT2D eigenvalue weighted by Crippen LogP contribution is -2.47. The molecule has 3 rings (SSSR count). The molecule has 1 aromatic carbocycles. The van der Waals surface area contributed by atoms with E-state index < -0.39 is 12.0 Å². The molecule has 25 heavy (non-hydrogen) atoms. The Morgan fingerprint density at radius 1 is 1.32 bits per heavy atom. The maximum absolute atomic E-state index is 12.8. The smallest absolute Gasteiger partial charge is 0.327 e. The Hall–Kier alpha value is -2.25. The second kappa shape index (κ2) is 6.93. The zero-order chi connectivity index (χ0) is 18.1. The van der Waals surface area contributed by atoms with Crippen LogP contribution in [-0.2, 0) is 9.59 Å². The average molecular weight is 372 g/mol. The maximum Gasteiger partial charge on any atom is 0.327 e. The molecule has 1 atom stereocenters. The van der Waals surface area contributed by atoms with Crippen molar-refractivity contribution in [1.29, 1.82) is 0 Å². The molecule has 1 fully saturated rings. The van der Waals surface area contributed by atoms with Gasteiger partial charge in [0.25, 0.3) is 5.91 Å². The fraction of sp³-hybridized carbons (Fsp3) is 0.222. The van der Waals surface area contributed by atoms with Gasteiger partial charge in [0.15, 0.2) is 0 Å². The summed E-state index contributed by atoms with van der Waals surface area (Å²) in [6.45, 7) is 3.52. The number of benzene rings is 1. The molecule has 1 saturated heterocycles. The lowest BCUT2D eigenvalue weighted by Gasteiger charge is -2.26. The number of aliphatic carboxylic acids is 1. The fourth-order valence-electron chi connectivity index (χ4n) is 2.80. The topological polar surface area (TPSA) is 70.5 Å². The van der Waals surface area contributed by atoms with Gasteiger partial charge < -0.3 is 5.11 Å². The number of pyridine rings is 1. The van der Waals surface area contributed by atoms with Crippen molar-refractivity contribution in [3.63, 3.8) is 0 Å². The van der Waals surface area contributed by atoms with E-state index in [4.69, 9.17) is 12.2 Å². The highest BCUT2D eigenvalue weighted by atomic mass is 32.2. The zero-order valence-corrected chi connectivity index (χ0v) is 15.3. The summed E-state index contributed by atoms with van der Waals surface area (Å²) in [5.41, 5.74) is 1.68. The van der Waals surface area contributed by atoms with E-state index >= 15 is 0 Å². The molecular formula is C18H16N2O3S2. The number of hydrogen-bond acceptors (Lipinski definition) is 5. The molecular weight excluding hydrogens is 356 g/mol. The van der Waals surface area contributed by atoms with Crippen LogP contribution in [-0.4, -0.2) is 37.2 Å². The molecule has 0 saturated carbocycles. The van der Waals surface area contributed by atoms with Crippen molar-refractivity contribution in [3.05, 3.63) is 47.0 Å². The van der Waals surface area contributed by atoms with E-state index in [0.717, 1.165) is 28.2 Å². The molecule has 1 aliphatic heterocycles. The third-order valence-corrected chi connectivity index (χ3v) is 5.29. The molecule has 1 aromatic heterocycles. The van der Waals surface area contributed by atoms with Gasteiger partial charge in [0.2, 0.25) is 0 Å². The summed E-state index contributed by atoms with van der Waals surface area (Å²) < 4.78 is 0.274.